The first-order valence-corrected chi connectivity index (χ1v) is 7.60. The Labute approximate surface area is 143 Å². The maximum Gasteiger partial charge on any atom is 0.337 e. The Morgan fingerprint density at radius 1 is 1.08 bits per heavy atom. The molecule has 0 unspecified atom stereocenters. The molecule has 0 atom stereocenters. The van der Waals surface area contributed by atoms with Crippen LogP contribution in [0.3, 0.4) is 0 Å². The summed E-state index contributed by atoms with van der Waals surface area (Å²) < 4.78 is 1.37. The fourth-order valence-electron chi connectivity index (χ4n) is 2.43. The summed E-state index contributed by atoms with van der Waals surface area (Å²) in [5, 5.41) is 20.2. The van der Waals surface area contributed by atoms with Crippen molar-refractivity contribution in [2.24, 2.45) is 10.2 Å². The van der Waals surface area contributed by atoms with Crippen molar-refractivity contribution < 1.29 is 9.90 Å². The molecule has 0 radical (unpaired) electrons. The van der Waals surface area contributed by atoms with Crippen LogP contribution in [0.2, 0.25) is 0 Å². The monoisotopic (exact) mass is 336 g/mol. The van der Waals surface area contributed by atoms with Crippen LogP contribution in [-0.2, 0) is 0 Å². The molecular weight excluding hydrogens is 320 g/mol. The number of H-pyrrole nitrogens is 1. The third-order valence-corrected chi connectivity index (χ3v) is 3.69. The summed E-state index contributed by atoms with van der Waals surface area (Å²) in [4.78, 5) is 23.9. The predicted octanol–water partition coefficient (Wildman–Crippen LogP) is 3.90. The van der Waals surface area contributed by atoms with Crippen LogP contribution in [0.5, 0.6) is 0 Å². The van der Waals surface area contributed by atoms with Crippen molar-refractivity contribution in [3.63, 3.8) is 0 Å². The highest BCUT2D eigenvalue weighted by Gasteiger charge is 2.13. The molecule has 0 bridgehead atoms. The molecule has 7 nitrogen and oxygen atoms in total. The zero-order valence-corrected chi connectivity index (χ0v) is 13.7. The number of rotatable bonds is 4. The molecule has 0 aliphatic carbocycles. The lowest BCUT2D eigenvalue weighted by Crippen LogP contribution is -2.13. The summed E-state index contributed by atoms with van der Waals surface area (Å²) in [7, 11) is 0. The molecular formula is C18H16N4O3. The summed E-state index contributed by atoms with van der Waals surface area (Å²) >= 11 is 0. The minimum atomic E-state index is -1.09. The van der Waals surface area contributed by atoms with Gasteiger partial charge in [-0.05, 0) is 38.1 Å². The van der Waals surface area contributed by atoms with Gasteiger partial charge in [-0.25, -0.2) is 9.48 Å². The number of azo groups is 1. The highest BCUT2D eigenvalue weighted by molar-refractivity contribution is 5.93. The predicted molar refractivity (Wildman–Crippen MR) is 93.4 cm³/mol. The minimum Gasteiger partial charge on any atom is -0.478 e. The largest absolute Gasteiger partial charge is 0.478 e. The molecule has 1 heterocycles. The molecule has 0 saturated carbocycles. The zero-order valence-electron chi connectivity index (χ0n) is 13.7. The molecule has 0 saturated heterocycles. The number of carbonyl (C=O) groups is 1. The molecule has 0 amide bonds. The first-order valence-electron chi connectivity index (χ1n) is 7.60. The smallest absolute Gasteiger partial charge is 0.337 e. The second-order valence-electron chi connectivity index (χ2n) is 5.59. The Kier molecular flexibility index (Phi) is 4.30. The number of aryl methyl sites for hydroxylation is 2. The van der Waals surface area contributed by atoms with Crippen LogP contribution in [0.15, 0.2) is 63.6 Å². The van der Waals surface area contributed by atoms with Gasteiger partial charge in [0.2, 0.25) is 0 Å². The van der Waals surface area contributed by atoms with Gasteiger partial charge in [-0.3, -0.25) is 9.89 Å². The number of nitrogens with one attached hydrogen (secondary N) is 1. The number of aromatic amines is 1. The number of aromatic carboxylic acids is 1. The van der Waals surface area contributed by atoms with Gasteiger partial charge in [0, 0.05) is 0 Å². The van der Waals surface area contributed by atoms with E-state index in [0.29, 0.717) is 11.4 Å². The first-order chi connectivity index (χ1) is 12.0. The highest BCUT2D eigenvalue weighted by Crippen LogP contribution is 2.24. The fourth-order valence-corrected chi connectivity index (χ4v) is 2.43. The van der Waals surface area contributed by atoms with Gasteiger partial charge >= 0.3 is 5.97 Å². The van der Waals surface area contributed by atoms with Crippen molar-refractivity contribution in [2.75, 3.05) is 0 Å². The van der Waals surface area contributed by atoms with E-state index in [9.17, 15) is 14.7 Å². The molecule has 25 heavy (non-hydrogen) atoms. The van der Waals surface area contributed by atoms with E-state index in [0.717, 1.165) is 5.56 Å². The Morgan fingerprint density at radius 3 is 2.48 bits per heavy atom. The SMILES string of the molecule is Cc1ccc(N=Nc2c(C)[nH]n(-c3ccccc3)c2=O)c(C(=O)O)c1. The van der Waals surface area contributed by atoms with Crippen molar-refractivity contribution in [2.45, 2.75) is 13.8 Å². The molecule has 7 heteroatoms. The average Bonchev–Trinajstić information content (AvgIpc) is 2.89. The molecule has 3 aromatic rings. The number of carboxylic acid groups (broad SMARTS) is 1. The normalized spacial score (nSPS) is 11.1. The van der Waals surface area contributed by atoms with Gasteiger partial charge in [0.25, 0.3) is 5.56 Å². The summed E-state index contributed by atoms with van der Waals surface area (Å²) in [6.45, 7) is 3.50. The molecule has 1 aromatic heterocycles. The van der Waals surface area contributed by atoms with Crippen molar-refractivity contribution in [1.82, 2.24) is 9.78 Å². The van der Waals surface area contributed by atoms with Gasteiger partial charge in [-0.1, -0.05) is 29.8 Å². The maximum atomic E-state index is 12.5. The van der Waals surface area contributed by atoms with Crippen molar-refractivity contribution in [1.29, 1.82) is 0 Å². The molecule has 2 aromatic carbocycles. The van der Waals surface area contributed by atoms with Crippen LogP contribution in [0.25, 0.3) is 5.69 Å². The van der Waals surface area contributed by atoms with Crippen LogP contribution in [0, 0.1) is 13.8 Å². The van der Waals surface area contributed by atoms with E-state index in [-0.39, 0.29) is 22.5 Å². The van der Waals surface area contributed by atoms with E-state index in [4.69, 9.17) is 0 Å². The zero-order chi connectivity index (χ0) is 18.0. The molecule has 0 spiro atoms. The molecule has 3 rings (SSSR count). The Morgan fingerprint density at radius 2 is 1.80 bits per heavy atom. The van der Waals surface area contributed by atoms with Crippen LogP contribution >= 0.6 is 0 Å². The highest BCUT2D eigenvalue weighted by atomic mass is 16.4. The van der Waals surface area contributed by atoms with E-state index in [1.165, 1.54) is 10.7 Å². The third kappa shape index (κ3) is 3.25. The number of benzene rings is 2. The maximum absolute atomic E-state index is 12.5. The van der Waals surface area contributed by atoms with Crippen molar-refractivity contribution >= 4 is 17.3 Å². The minimum absolute atomic E-state index is 0.0420. The van der Waals surface area contributed by atoms with Crippen LogP contribution in [0.4, 0.5) is 11.4 Å². The lowest BCUT2D eigenvalue weighted by atomic mass is 10.1. The number of carboxylic acids is 1. The second-order valence-corrected chi connectivity index (χ2v) is 5.59. The van der Waals surface area contributed by atoms with Crippen molar-refractivity contribution in [3.8, 4) is 5.69 Å². The number of hydrogen-bond acceptors (Lipinski definition) is 4. The van der Waals surface area contributed by atoms with Gasteiger partial charge in [0.1, 0.15) is 5.69 Å². The summed E-state index contributed by atoms with van der Waals surface area (Å²) in [6.07, 6.45) is 0. The third-order valence-electron chi connectivity index (χ3n) is 3.69. The number of hydrogen-bond donors (Lipinski definition) is 2. The topological polar surface area (TPSA) is 99.8 Å². The van der Waals surface area contributed by atoms with Gasteiger partial charge in [0.15, 0.2) is 5.69 Å². The first kappa shape index (κ1) is 16.4. The number of para-hydroxylation sites is 1. The van der Waals surface area contributed by atoms with E-state index in [1.807, 2.05) is 18.2 Å². The molecule has 126 valence electrons. The van der Waals surface area contributed by atoms with Crippen LogP contribution in [-0.4, -0.2) is 20.9 Å². The second kappa shape index (κ2) is 6.56. The molecule has 0 aliphatic rings. The van der Waals surface area contributed by atoms with E-state index in [2.05, 4.69) is 15.3 Å². The quantitative estimate of drug-likeness (QED) is 0.707. The van der Waals surface area contributed by atoms with Gasteiger partial charge in [0.05, 0.1) is 16.9 Å². The van der Waals surface area contributed by atoms with E-state index in [1.54, 1.807) is 38.1 Å². The van der Waals surface area contributed by atoms with Gasteiger partial charge in [-0.15, -0.1) is 10.2 Å². The average molecular weight is 336 g/mol. The number of aromatic nitrogens is 2. The Balaban J connectivity index is 2.03. The standard InChI is InChI=1S/C18H16N4O3/c1-11-8-9-15(14(10-11)18(24)25)19-20-16-12(2)21-22(17(16)23)13-6-4-3-5-7-13/h3-10,21H,1-2H3,(H,24,25). The van der Waals surface area contributed by atoms with Gasteiger partial charge < -0.3 is 5.11 Å². The lowest BCUT2D eigenvalue weighted by molar-refractivity contribution is 0.0697. The molecule has 0 aliphatic heterocycles. The van der Waals surface area contributed by atoms with E-state index >= 15 is 0 Å². The van der Waals surface area contributed by atoms with E-state index < -0.39 is 5.97 Å². The lowest BCUT2D eigenvalue weighted by Gasteiger charge is -2.00. The summed E-state index contributed by atoms with van der Waals surface area (Å²) in [6, 6.07) is 13.9. The molecule has 0 fully saturated rings. The van der Waals surface area contributed by atoms with Crippen LogP contribution in [0.1, 0.15) is 21.6 Å². The van der Waals surface area contributed by atoms with Gasteiger partial charge in [-0.2, -0.15) is 0 Å². The Bertz CT molecular complexity index is 1020. The fraction of sp³-hybridized carbons (Fsp3) is 0.111. The van der Waals surface area contributed by atoms with Crippen LogP contribution < -0.4 is 5.56 Å². The summed E-state index contributed by atoms with van der Waals surface area (Å²) in [5.41, 5.74) is 2.06. The number of nitrogens with zero attached hydrogens (tertiary/aromatic N) is 3. The molecule has 2 N–H and O–H groups in total. The van der Waals surface area contributed by atoms with Crippen molar-refractivity contribution in [3.05, 3.63) is 75.7 Å². The summed E-state index contributed by atoms with van der Waals surface area (Å²) in [5.74, 6) is -1.09. The Hall–Kier alpha value is -3.48.